The molecular weight excluding hydrogens is 210 g/mol. The molecule has 17 heavy (non-hydrogen) atoms. The molecule has 1 aliphatic rings. The van der Waals surface area contributed by atoms with Gasteiger partial charge >= 0.3 is 0 Å². The summed E-state index contributed by atoms with van der Waals surface area (Å²) in [4.78, 5) is 0. The van der Waals surface area contributed by atoms with Crippen LogP contribution in [0.5, 0.6) is 0 Å². The molecule has 0 aromatic heterocycles. The van der Waals surface area contributed by atoms with Gasteiger partial charge in [0, 0.05) is 12.6 Å². The molecule has 1 saturated carbocycles. The molecule has 0 unspecified atom stereocenters. The average molecular weight is 241 g/mol. The van der Waals surface area contributed by atoms with Crippen LogP contribution in [0.4, 0.5) is 0 Å². The van der Waals surface area contributed by atoms with Gasteiger partial charge in [-0.3, -0.25) is 0 Å². The van der Waals surface area contributed by atoms with Gasteiger partial charge in [-0.25, -0.2) is 0 Å². The SMILES string of the molecule is CCCCCCCCCCN(O)C1CCCC1. The summed E-state index contributed by atoms with van der Waals surface area (Å²) in [5.74, 6) is 0. The van der Waals surface area contributed by atoms with Gasteiger partial charge in [-0.1, -0.05) is 64.7 Å². The Morgan fingerprint density at radius 3 is 2.00 bits per heavy atom. The smallest absolute Gasteiger partial charge is 0.0350 e. The van der Waals surface area contributed by atoms with Crippen molar-refractivity contribution in [2.45, 2.75) is 90.0 Å². The second-order valence-electron chi connectivity index (χ2n) is 5.58. The van der Waals surface area contributed by atoms with E-state index in [1.54, 1.807) is 5.06 Å². The number of nitrogens with zero attached hydrogens (tertiary/aromatic N) is 1. The molecule has 0 bridgehead atoms. The van der Waals surface area contributed by atoms with Crippen LogP contribution in [0.25, 0.3) is 0 Å². The lowest BCUT2D eigenvalue weighted by Gasteiger charge is -2.21. The maximum absolute atomic E-state index is 9.85. The molecule has 2 heteroatoms. The number of hydrogen-bond donors (Lipinski definition) is 1. The van der Waals surface area contributed by atoms with E-state index in [9.17, 15) is 5.21 Å². The van der Waals surface area contributed by atoms with Crippen LogP contribution >= 0.6 is 0 Å². The number of hydrogen-bond acceptors (Lipinski definition) is 2. The molecule has 1 rings (SSSR count). The summed E-state index contributed by atoms with van der Waals surface area (Å²) >= 11 is 0. The van der Waals surface area contributed by atoms with Crippen LogP contribution in [-0.4, -0.2) is 22.9 Å². The highest BCUT2D eigenvalue weighted by atomic mass is 16.5. The van der Waals surface area contributed by atoms with E-state index in [1.807, 2.05) is 0 Å². The fourth-order valence-corrected chi connectivity index (χ4v) is 2.79. The van der Waals surface area contributed by atoms with Crippen LogP contribution in [0.1, 0.15) is 84.0 Å². The first-order valence-electron chi connectivity index (χ1n) is 7.80. The number of unbranched alkanes of at least 4 members (excludes halogenated alkanes) is 7. The van der Waals surface area contributed by atoms with Gasteiger partial charge in [-0.15, -0.1) is 0 Å². The lowest BCUT2D eigenvalue weighted by atomic mass is 10.1. The van der Waals surface area contributed by atoms with E-state index in [0.29, 0.717) is 6.04 Å². The molecule has 2 nitrogen and oxygen atoms in total. The van der Waals surface area contributed by atoms with Crippen molar-refractivity contribution in [1.29, 1.82) is 0 Å². The molecule has 1 fully saturated rings. The summed E-state index contributed by atoms with van der Waals surface area (Å²) in [5.41, 5.74) is 0. The van der Waals surface area contributed by atoms with Crippen LogP contribution < -0.4 is 0 Å². The van der Waals surface area contributed by atoms with Gasteiger partial charge < -0.3 is 5.21 Å². The molecule has 0 aromatic rings. The molecule has 0 amide bonds. The van der Waals surface area contributed by atoms with Gasteiger partial charge in [0.1, 0.15) is 0 Å². The quantitative estimate of drug-likeness (QED) is 0.440. The molecule has 102 valence electrons. The Labute approximate surface area is 107 Å². The Bertz CT molecular complexity index is 166. The monoisotopic (exact) mass is 241 g/mol. The molecule has 0 spiro atoms. The first-order chi connectivity index (χ1) is 8.34. The molecule has 0 radical (unpaired) electrons. The van der Waals surface area contributed by atoms with Crippen molar-refractivity contribution < 1.29 is 5.21 Å². The maximum Gasteiger partial charge on any atom is 0.0350 e. The van der Waals surface area contributed by atoms with E-state index in [4.69, 9.17) is 0 Å². The molecule has 0 aliphatic heterocycles. The summed E-state index contributed by atoms with van der Waals surface area (Å²) in [6.07, 6.45) is 15.7. The van der Waals surface area contributed by atoms with Gasteiger partial charge in [0.05, 0.1) is 0 Å². The topological polar surface area (TPSA) is 23.5 Å². The standard InChI is InChI=1S/C15H31NO/c1-2-3-4-5-6-7-8-11-14-16(17)15-12-9-10-13-15/h15,17H,2-14H2,1H3. The van der Waals surface area contributed by atoms with Crippen molar-refractivity contribution in [3.05, 3.63) is 0 Å². The lowest BCUT2D eigenvalue weighted by Crippen LogP contribution is -2.30. The molecule has 0 atom stereocenters. The number of rotatable bonds is 10. The van der Waals surface area contributed by atoms with Crippen molar-refractivity contribution in [1.82, 2.24) is 5.06 Å². The van der Waals surface area contributed by atoms with Gasteiger partial charge in [0.25, 0.3) is 0 Å². The molecule has 0 heterocycles. The Kier molecular flexibility index (Phi) is 8.72. The van der Waals surface area contributed by atoms with Gasteiger partial charge in [-0.2, -0.15) is 5.06 Å². The van der Waals surface area contributed by atoms with Crippen molar-refractivity contribution >= 4 is 0 Å². The van der Waals surface area contributed by atoms with Gasteiger partial charge in [-0.05, 0) is 19.3 Å². The van der Waals surface area contributed by atoms with Gasteiger partial charge in [0.15, 0.2) is 0 Å². The summed E-state index contributed by atoms with van der Waals surface area (Å²) in [6, 6.07) is 0.472. The maximum atomic E-state index is 9.85. The Morgan fingerprint density at radius 1 is 0.882 bits per heavy atom. The highest BCUT2D eigenvalue weighted by Gasteiger charge is 2.20. The minimum atomic E-state index is 0.472. The third-order valence-electron chi connectivity index (χ3n) is 3.99. The molecule has 1 aliphatic carbocycles. The van der Waals surface area contributed by atoms with Crippen molar-refractivity contribution in [2.24, 2.45) is 0 Å². The summed E-state index contributed by atoms with van der Waals surface area (Å²) in [6.45, 7) is 3.15. The van der Waals surface area contributed by atoms with Crippen LogP contribution in [-0.2, 0) is 0 Å². The zero-order valence-corrected chi connectivity index (χ0v) is 11.7. The van der Waals surface area contributed by atoms with Crippen LogP contribution in [0.3, 0.4) is 0 Å². The average Bonchev–Trinajstić information content (AvgIpc) is 2.86. The Hall–Kier alpha value is -0.0800. The van der Waals surface area contributed by atoms with E-state index >= 15 is 0 Å². The lowest BCUT2D eigenvalue weighted by molar-refractivity contribution is -0.125. The zero-order valence-electron chi connectivity index (χ0n) is 11.7. The second kappa shape index (κ2) is 9.90. The first-order valence-corrected chi connectivity index (χ1v) is 7.80. The van der Waals surface area contributed by atoms with E-state index in [-0.39, 0.29) is 0 Å². The normalized spacial score (nSPS) is 17.1. The summed E-state index contributed by atoms with van der Waals surface area (Å²) in [5, 5.41) is 11.5. The van der Waals surface area contributed by atoms with E-state index in [2.05, 4.69) is 6.92 Å². The second-order valence-corrected chi connectivity index (χ2v) is 5.58. The highest BCUT2D eigenvalue weighted by molar-refractivity contribution is 4.72. The Morgan fingerprint density at radius 2 is 1.41 bits per heavy atom. The predicted octanol–water partition coefficient (Wildman–Crippen LogP) is 4.76. The fourth-order valence-electron chi connectivity index (χ4n) is 2.79. The largest absolute Gasteiger partial charge is 0.314 e. The summed E-state index contributed by atoms with van der Waals surface area (Å²) in [7, 11) is 0. The molecule has 0 aromatic carbocycles. The van der Waals surface area contributed by atoms with Crippen molar-refractivity contribution in [3.63, 3.8) is 0 Å². The predicted molar refractivity (Wildman–Crippen MR) is 73.4 cm³/mol. The van der Waals surface area contributed by atoms with E-state index in [0.717, 1.165) is 6.54 Å². The fraction of sp³-hybridized carbons (Fsp3) is 1.00. The third kappa shape index (κ3) is 7.05. The highest BCUT2D eigenvalue weighted by Crippen LogP contribution is 2.22. The summed E-state index contributed by atoms with van der Waals surface area (Å²) < 4.78 is 0. The first kappa shape index (κ1) is 15.0. The molecular formula is C15H31NO. The zero-order chi connectivity index (χ0) is 12.3. The van der Waals surface area contributed by atoms with Crippen molar-refractivity contribution in [3.8, 4) is 0 Å². The Balaban J connectivity index is 1.83. The van der Waals surface area contributed by atoms with Gasteiger partial charge in [0.2, 0.25) is 0 Å². The minimum absolute atomic E-state index is 0.472. The number of hydroxylamine groups is 2. The third-order valence-corrected chi connectivity index (χ3v) is 3.99. The van der Waals surface area contributed by atoms with Crippen LogP contribution in [0.2, 0.25) is 0 Å². The van der Waals surface area contributed by atoms with Crippen molar-refractivity contribution in [2.75, 3.05) is 6.54 Å². The molecule has 1 N–H and O–H groups in total. The van der Waals surface area contributed by atoms with E-state index in [1.165, 1.54) is 77.0 Å². The van der Waals surface area contributed by atoms with E-state index < -0.39 is 0 Å². The van der Waals surface area contributed by atoms with Crippen LogP contribution in [0, 0.1) is 0 Å². The molecule has 0 saturated heterocycles. The van der Waals surface area contributed by atoms with Crippen LogP contribution in [0.15, 0.2) is 0 Å². The minimum Gasteiger partial charge on any atom is -0.314 e.